The van der Waals surface area contributed by atoms with Crippen molar-refractivity contribution < 1.29 is 42.2 Å². The Balaban J connectivity index is 1.69. The molecule has 0 saturated carbocycles. The number of aliphatic hydroxyl groups excluding tert-OH is 1. The number of alkyl halides is 3. The van der Waals surface area contributed by atoms with Crippen LogP contribution in [0.1, 0.15) is 28.0 Å². The maximum absolute atomic E-state index is 14.0. The van der Waals surface area contributed by atoms with Gasteiger partial charge < -0.3 is 35.6 Å². The summed E-state index contributed by atoms with van der Waals surface area (Å²) < 4.78 is 60.1. The quantitative estimate of drug-likeness (QED) is 0.124. The topological polar surface area (TPSA) is 197 Å². The molecule has 0 atom stereocenters. The number of carbonyl (C=O) groups is 1. The molecule has 0 spiro atoms. The monoisotopic (exact) mass is 636 g/mol. The highest BCUT2D eigenvalue weighted by Crippen LogP contribution is 2.41. The first-order valence-electron chi connectivity index (χ1n) is 12.9. The third-order valence-electron chi connectivity index (χ3n) is 6.06. The normalized spacial score (nSPS) is 11.7. The number of hydrogen-bond donors (Lipinski definition) is 6. The molecule has 6 N–H and O–H groups in total. The molecule has 3 heterocycles. The van der Waals surface area contributed by atoms with Crippen molar-refractivity contribution in [2.24, 2.45) is 0 Å². The van der Waals surface area contributed by atoms with Gasteiger partial charge in [0, 0.05) is 38.2 Å². The van der Waals surface area contributed by atoms with Crippen LogP contribution in [0.25, 0.3) is 11.3 Å². The zero-order valence-corrected chi connectivity index (χ0v) is 24.2. The number of ether oxygens (including phenoxy) is 1. The average molecular weight is 637 g/mol. The SMILES string of the molecule is CNC(=O)c1nc(-c2cnn(CCCO)c2)ccc1Nc1nc(Nc2ccc(CP(=O)(O)O)cc2OC)ncc1C(F)(F)F. The summed E-state index contributed by atoms with van der Waals surface area (Å²) in [5.41, 5.74) is -0.142. The molecule has 3 aromatic heterocycles. The molecule has 4 rings (SSSR count). The lowest BCUT2D eigenvalue weighted by molar-refractivity contribution is -0.137. The van der Waals surface area contributed by atoms with Crippen LogP contribution < -0.4 is 20.7 Å². The van der Waals surface area contributed by atoms with Crippen LogP contribution in [-0.4, -0.2) is 66.3 Å². The molecule has 234 valence electrons. The zero-order valence-electron chi connectivity index (χ0n) is 23.3. The van der Waals surface area contributed by atoms with Gasteiger partial charge in [-0.1, -0.05) is 6.07 Å². The number of benzene rings is 1. The fourth-order valence-electron chi connectivity index (χ4n) is 4.03. The molecule has 0 fully saturated rings. The summed E-state index contributed by atoms with van der Waals surface area (Å²) in [6.07, 6.45) is -1.19. The molecule has 0 bridgehead atoms. The maximum Gasteiger partial charge on any atom is 0.421 e. The van der Waals surface area contributed by atoms with Gasteiger partial charge in [-0.2, -0.15) is 23.3 Å². The number of nitrogens with one attached hydrogen (secondary N) is 3. The molecule has 18 heteroatoms. The van der Waals surface area contributed by atoms with Crippen LogP contribution in [0.3, 0.4) is 0 Å². The Bertz CT molecular complexity index is 1690. The van der Waals surface area contributed by atoms with Gasteiger partial charge >= 0.3 is 13.8 Å². The highest BCUT2D eigenvalue weighted by atomic mass is 31.2. The molecule has 1 amide bonds. The van der Waals surface area contributed by atoms with Crippen LogP contribution in [0, 0.1) is 0 Å². The molecule has 0 saturated heterocycles. The number of anilines is 4. The lowest BCUT2D eigenvalue weighted by Crippen LogP contribution is -2.21. The van der Waals surface area contributed by atoms with E-state index in [9.17, 15) is 32.3 Å². The van der Waals surface area contributed by atoms with Crippen molar-refractivity contribution in [3.63, 3.8) is 0 Å². The summed E-state index contributed by atoms with van der Waals surface area (Å²) in [4.78, 5) is 43.4. The van der Waals surface area contributed by atoms with E-state index in [2.05, 4.69) is 36.0 Å². The molecule has 0 aliphatic heterocycles. The summed E-state index contributed by atoms with van der Waals surface area (Å²) in [6, 6.07) is 7.07. The van der Waals surface area contributed by atoms with Gasteiger partial charge in [0.15, 0.2) is 5.69 Å². The summed E-state index contributed by atoms with van der Waals surface area (Å²) in [7, 11) is -1.71. The molecule has 0 aliphatic rings. The summed E-state index contributed by atoms with van der Waals surface area (Å²) in [5, 5.41) is 21.0. The molecular weight excluding hydrogens is 608 g/mol. The molecule has 14 nitrogen and oxygen atoms in total. The summed E-state index contributed by atoms with van der Waals surface area (Å²) >= 11 is 0. The standard InChI is InChI=1S/C26H28F3N8O6P/c1-30-24(39)22-20(7-6-18(33-22)16-11-32-37(13-16)8-3-9-38)34-23-17(26(27,28)29)12-31-25(36-23)35-19-5-4-15(10-21(19)43-2)14-44(40,41)42/h4-7,10-13,38H,3,8-9,14H2,1-2H3,(H,30,39)(H2,40,41,42)(H2,31,34,35,36). The molecule has 1 aromatic carbocycles. The Labute approximate surface area is 248 Å². The Morgan fingerprint density at radius 3 is 2.50 bits per heavy atom. The second-order valence-electron chi connectivity index (χ2n) is 9.30. The second kappa shape index (κ2) is 13.4. The number of methoxy groups -OCH3 is 1. The lowest BCUT2D eigenvalue weighted by atomic mass is 10.1. The number of aromatic nitrogens is 5. The van der Waals surface area contributed by atoms with E-state index in [4.69, 9.17) is 9.84 Å². The van der Waals surface area contributed by atoms with Crippen molar-refractivity contribution in [1.82, 2.24) is 30.0 Å². The van der Waals surface area contributed by atoms with Gasteiger partial charge in [-0.25, -0.2) is 9.97 Å². The first-order chi connectivity index (χ1) is 20.8. The van der Waals surface area contributed by atoms with Crippen molar-refractivity contribution >= 4 is 36.6 Å². The Kier molecular flexibility index (Phi) is 9.84. The fraction of sp³-hybridized carbons (Fsp3) is 0.269. The first-order valence-corrected chi connectivity index (χ1v) is 14.7. The van der Waals surface area contributed by atoms with Crippen molar-refractivity contribution in [3.8, 4) is 17.0 Å². The number of halogens is 3. The maximum atomic E-state index is 14.0. The molecule has 0 aliphatic carbocycles. The van der Waals surface area contributed by atoms with Crippen LogP contribution in [0.2, 0.25) is 0 Å². The number of pyridine rings is 1. The van der Waals surface area contributed by atoms with Crippen molar-refractivity contribution in [3.05, 3.63) is 65.7 Å². The van der Waals surface area contributed by atoms with E-state index in [1.807, 2.05) is 0 Å². The highest BCUT2D eigenvalue weighted by Gasteiger charge is 2.36. The summed E-state index contributed by atoms with van der Waals surface area (Å²) in [5.74, 6) is -1.50. The van der Waals surface area contributed by atoms with E-state index in [0.717, 1.165) is 0 Å². The minimum absolute atomic E-state index is 0.0198. The van der Waals surface area contributed by atoms with Crippen LogP contribution in [0.15, 0.2) is 48.9 Å². The number of amides is 1. The number of aliphatic hydroxyl groups is 1. The molecule has 4 aromatic rings. The number of aryl methyl sites for hydroxylation is 1. The first kappa shape index (κ1) is 32.3. The Morgan fingerprint density at radius 2 is 1.84 bits per heavy atom. The molecule has 0 unspecified atom stereocenters. The summed E-state index contributed by atoms with van der Waals surface area (Å²) in [6.45, 7) is 0.431. The molecule has 44 heavy (non-hydrogen) atoms. The van der Waals surface area contributed by atoms with Gasteiger partial charge in [0.25, 0.3) is 5.91 Å². The zero-order chi connectivity index (χ0) is 32.1. The van der Waals surface area contributed by atoms with Crippen LogP contribution in [0.5, 0.6) is 5.75 Å². The van der Waals surface area contributed by atoms with Gasteiger partial charge in [0.1, 0.15) is 17.1 Å². The van der Waals surface area contributed by atoms with Crippen LogP contribution in [0.4, 0.5) is 36.3 Å². The van der Waals surface area contributed by atoms with Crippen molar-refractivity contribution in [2.75, 3.05) is 31.4 Å². The van der Waals surface area contributed by atoms with Crippen LogP contribution in [-0.2, 0) is 23.4 Å². The number of rotatable bonds is 12. The van der Waals surface area contributed by atoms with Gasteiger partial charge in [0.05, 0.1) is 36.5 Å². The Hall–Kier alpha value is -4.57. The minimum atomic E-state index is -4.87. The minimum Gasteiger partial charge on any atom is -0.495 e. The third kappa shape index (κ3) is 8.08. The largest absolute Gasteiger partial charge is 0.495 e. The predicted molar refractivity (Wildman–Crippen MR) is 153 cm³/mol. The highest BCUT2D eigenvalue weighted by molar-refractivity contribution is 7.50. The lowest BCUT2D eigenvalue weighted by Gasteiger charge is -2.17. The van der Waals surface area contributed by atoms with E-state index < -0.39 is 37.2 Å². The van der Waals surface area contributed by atoms with E-state index in [0.29, 0.717) is 30.4 Å². The average Bonchev–Trinajstić information content (AvgIpc) is 3.44. The van der Waals surface area contributed by atoms with Gasteiger partial charge in [-0.3, -0.25) is 14.0 Å². The smallest absolute Gasteiger partial charge is 0.421 e. The van der Waals surface area contributed by atoms with Gasteiger partial charge in [-0.15, -0.1) is 0 Å². The van der Waals surface area contributed by atoms with E-state index in [-0.39, 0.29) is 40.9 Å². The molecule has 0 radical (unpaired) electrons. The Morgan fingerprint density at radius 1 is 1.09 bits per heavy atom. The molecular formula is C26H28F3N8O6P. The van der Waals surface area contributed by atoms with E-state index in [1.165, 1.54) is 50.7 Å². The van der Waals surface area contributed by atoms with Crippen molar-refractivity contribution in [2.45, 2.75) is 25.3 Å². The van der Waals surface area contributed by atoms with Gasteiger partial charge in [-0.05, 0) is 36.2 Å². The number of hydrogen-bond acceptors (Lipinski definition) is 10. The number of nitrogens with zero attached hydrogens (tertiary/aromatic N) is 5. The van der Waals surface area contributed by atoms with Gasteiger partial charge in [0.2, 0.25) is 5.95 Å². The third-order valence-corrected chi connectivity index (χ3v) is 6.84. The van der Waals surface area contributed by atoms with Crippen molar-refractivity contribution in [1.29, 1.82) is 0 Å². The van der Waals surface area contributed by atoms with E-state index in [1.54, 1.807) is 10.9 Å². The van der Waals surface area contributed by atoms with E-state index >= 15 is 0 Å². The predicted octanol–water partition coefficient (Wildman–Crippen LogP) is 3.67. The van der Waals surface area contributed by atoms with Crippen LogP contribution >= 0.6 is 7.60 Å². The number of carbonyl (C=O) groups excluding carboxylic acids is 1. The second-order valence-corrected chi connectivity index (χ2v) is 10.9. The fourth-order valence-corrected chi connectivity index (χ4v) is 4.70.